The van der Waals surface area contributed by atoms with Crippen molar-refractivity contribution in [3.8, 4) is 0 Å². The Kier molecular flexibility index (Phi) is 3.17. The summed E-state index contributed by atoms with van der Waals surface area (Å²) < 4.78 is 12.1. The highest BCUT2D eigenvalue weighted by atomic mass is 32.2. The number of hydrogen-bond donors (Lipinski definition) is 2. The van der Waals surface area contributed by atoms with E-state index in [0.717, 1.165) is 21.6 Å². The molecule has 5 rings (SSSR count). The molecular weight excluding hydrogens is 336 g/mol. The fraction of sp³-hybridized carbons (Fsp3) is 0. The van der Waals surface area contributed by atoms with E-state index in [4.69, 9.17) is 0 Å². The zero-order valence-electron chi connectivity index (χ0n) is 12.5. The first kappa shape index (κ1) is 13.8. The lowest BCUT2D eigenvalue weighted by Crippen LogP contribution is -1.87. The Labute approximate surface area is 146 Å². The minimum absolute atomic E-state index is 0.917. The van der Waals surface area contributed by atoms with Crippen molar-refractivity contribution in [2.75, 3.05) is 4.72 Å². The highest BCUT2D eigenvalue weighted by Gasteiger charge is 2.09. The van der Waals surface area contributed by atoms with Crippen LogP contribution in [-0.2, 0) is 0 Å². The first-order valence-corrected chi connectivity index (χ1v) is 9.08. The lowest BCUT2D eigenvalue weighted by Gasteiger charge is -2.05. The molecular formula is C18H12N4S2. The molecule has 6 heteroatoms. The standard InChI is InChI=1S/C18H12N4S2/c1-2-5-12-11(4-1)8-9-13-16(10-19-17(12)13)23-20-14-6-3-7-15-18(14)22-24-21-15/h1-10,19-20H. The predicted molar refractivity (Wildman–Crippen MR) is 103 cm³/mol. The quantitative estimate of drug-likeness (QED) is 0.426. The van der Waals surface area contributed by atoms with Gasteiger partial charge in [0.05, 0.1) is 27.8 Å². The normalized spacial score (nSPS) is 11.5. The van der Waals surface area contributed by atoms with Gasteiger partial charge < -0.3 is 9.71 Å². The smallest absolute Gasteiger partial charge is 0.128 e. The molecule has 0 radical (unpaired) electrons. The fourth-order valence-electron chi connectivity index (χ4n) is 2.93. The van der Waals surface area contributed by atoms with Gasteiger partial charge in [-0.3, -0.25) is 0 Å². The molecule has 0 unspecified atom stereocenters. The van der Waals surface area contributed by atoms with Gasteiger partial charge in [0.1, 0.15) is 11.0 Å². The number of hydrogen-bond acceptors (Lipinski definition) is 5. The van der Waals surface area contributed by atoms with Crippen LogP contribution in [0.2, 0.25) is 0 Å². The number of anilines is 1. The van der Waals surface area contributed by atoms with E-state index in [9.17, 15) is 0 Å². The monoisotopic (exact) mass is 348 g/mol. The SMILES string of the molecule is c1ccc2c(c1)ccc1c(SNc3cccc4nsnc34)c[nH]c12. The third kappa shape index (κ3) is 2.15. The summed E-state index contributed by atoms with van der Waals surface area (Å²) in [6.45, 7) is 0. The second-order valence-electron chi connectivity index (χ2n) is 5.50. The van der Waals surface area contributed by atoms with Crippen LogP contribution in [0.5, 0.6) is 0 Å². The molecule has 0 atom stereocenters. The largest absolute Gasteiger partial charge is 0.359 e. The zero-order valence-corrected chi connectivity index (χ0v) is 14.1. The van der Waals surface area contributed by atoms with Crippen LogP contribution in [0.15, 0.2) is 65.7 Å². The van der Waals surface area contributed by atoms with E-state index >= 15 is 0 Å². The number of rotatable bonds is 3. The van der Waals surface area contributed by atoms with Gasteiger partial charge >= 0.3 is 0 Å². The zero-order chi connectivity index (χ0) is 15.9. The average Bonchev–Trinajstić information content (AvgIpc) is 3.27. The van der Waals surface area contributed by atoms with Crippen LogP contribution in [0.25, 0.3) is 32.7 Å². The highest BCUT2D eigenvalue weighted by molar-refractivity contribution is 8.00. The minimum atomic E-state index is 0.917. The average molecular weight is 348 g/mol. The summed E-state index contributed by atoms with van der Waals surface area (Å²) in [5, 5.41) is 3.71. The van der Waals surface area contributed by atoms with Gasteiger partial charge in [0, 0.05) is 17.0 Å². The maximum atomic E-state index is 4.37. The molecule has 0 spiro atoms. The Morgan fingerprint density at radius 3 is 2.88 bits per heavy atom. The molecule has 0 bridgehead atoms. The van der Waals surface area contributed by atoms with Crippen LogP contribution < -0.4 is 4.72 Å². The van der Waals surface area contributed by atoms with Gasteiger partial charge in [-0.25, -0.2) is 0 Å². The molecule has 2 aromatic heterocycles. The molecule has 116 valence electrons. The summed E-state index contributed by atoms with van der Waals surface area (Å²) in [4.78, 5) is 4.58. The molecule has 0 saturated heterocycles. The number of benzene rings is 3. The van der Waals surface area contributed by atoms with Gasteiger partial charge in [0.25, 0.3) is 0 Å². The van der Waals surface area contributed by atoms with E-state index in [2.05, 4.69) is 54.9 Å². The topological polar surface area (TPSA) is 53.6 Å². The van der Waals surface area contributed by atoms with Crippen LogP contribution >= 0.6 is 23.7 Å². The van der Waals surface area contributed by atoms with Gasteiger partial charge in [0.15, 0.2) is 0 Å². The van der Waals surface area contributed by atoms with Gasteiger partial charge in [-0.2, -0.15) is 8.75 Å². The number of H-pyrrole nitrogens is 1. The van der Waals surface area contributed by atoms with Crippen LogP contribution in [-0.4, -0.2) is 13.7 Å². The Morgan fingerprint density at radius 2 is 1.88 bits per heavy atom. The Morgan fingerprint density at radius 1 is 0.917 bits per heavy atom. The Hall–Kier alpha value is -2.57. The highest BCUT2D eigenvalue weighted by Crippen LogP contribution is 2.34. The summed E-state index contributed by atoms with van der Waals surface area (Å²) in [5.74, 6) is 0. The van der Waals surface area contributed by atoms with Crippen molar-refractivity contribution < 1.29 is 0 Å². The first-order valence-electron chi connectivity index (χ1n) is 7.53. The number of aromatic nitrogens is 3. The summed E-state index contributed by atoms with van der Waals surface area (Å²) >= 11 is 2.83. The third-order valence-corrected chi connectivity index (χ3v) is 5.52. The summed E-state index contributed by atoms with van der Waals surface area (Å²) in [6, 6.07) is 18.8. The second-order valence-corrected chi connectivity index (χ2v) is 6.88. The number of nitrogens with zero attached hydrogens (tertiary/aromatic N) is 2. The van der Waals surface area contributed by atoms with Crippen molar-refractivity contribution in [1.29, 1.82) is 0 Å². The van der Waals surface area contributed by atoms with Crippen molar-refractivity contribution >= 4 is 62.1 Å². The van der Waals surface area contributed by atoms with Gasteiger partial charge in [-0.15, -0.1) is 0 Å². The molecule has 4 nitrogen and oxygen atoms in total. The van der Waals surface area contributed by atoms with Crippen molar-refractivity contribution in [2.24, 2.45) is 0 Å². The molecule has 0 aliphatic carbocycles. The number of fused-ring (bicyclic) bond motifs is 4. The van der Waals surface area contributed by atoms with E-state index in [1.807, 2.05) is 24.4 Å². The molecule has 3 aromatic carbocycles. The molecule has 2 N–H and O–H groups in total. The molecule has 0 aliphatic heterocycles. The van der Waals surface area contributed by atoms with E-state index < -0.39 is 0 Å². The molecule has 0 saturated carbocycles. The number of aromatic amines is 1. The van der Waals surface area contributed by atoms with E-state index in [1.165, 1.54) is 33.4 Å². The van der Waals surface area contributed by atoms with E-state index in [0.29, 0.717) is 0 Å². The first-order chi connectivity index (χ1) is 11.9. The van der Waals surface area contributed by atoms with Gasteiger partial charge in [-0.05, 0) is 29.5 Å². The molecule has 2 heterocycles. The van der Waals surface area contributed by atoms with Crippen molar-refractivity contribution in [3.05, 3.63) is 60.8 Å². The second kappa shape index (κ2) is 5.51. The number of nitrogens with one attached hydrogen (secondary N) is 2. The van der Waals surface area contributed by atoms with Crippen LogP contribution in [0, 0.1) is 0 Å². The maximum absolute atomic E-state index is 4.37. The molecule has 5 aromatic rings. The Bertz CT molecular complexity index is 1180. The molecule has 0 aliphatic rings. The molecule has 0 fully saturated rings. The third-order valence-electron chi connectivity index (χ3n) is 4.10. The lowest BCUT2D eigenvalue weighted by atomic mass is 10.1. The van der Waals surface area contributed by atoms with Crippen LogP contribution in [0.4, 0.5) is 5.69 Å². The minimum Gasteiger partial charge on any atom is -0.359 e. The maximum Gasteiger partial charge on any atom is 0.128 e. The summed E-state index contributed by atoms with van der Waals surface area (Å²) in [5.41, 5.74) is 4.00. The van der Waals surface area contributed by atoms with Gasteiger partial charge in [-0.1, -0.05) is 42.5 Å². The summed E-state index contributed by atoms with van der Waals surface area (Å²) in [7, 11) is 0. The lowest BCUT2D eigenvalue weighted by molar-refractivity contribution is 1.42. The van der Waals surface area contributed by atoms with Crippen LogP contribution in [0.3, 0.4) is 0 Å². The molecule has 0 amide bonds. The van der Waals surface area contributed by atoms with E-state index in [-0.39, 0.29) is 0 Å². The van der Waals surface area contributed by atoms with Crippen molar-refractivity contribution in [2.45, 2.75) is 4.90 Å². The van der Waals surface area contributed by atoms with Crippen molar-refractivity contribution in [1.82, 2.24) is 13.7 Å². The van der Waals surface area contributed by atoms with Crippen LogP contribution in [0.1, 0.15) is 0 Å². The predicted octanol–water partition coefficient (Wildman–Crippen LogP) is 5.45. The van der Waals surface area contributed by atoms with E-state index in [1.54, 1.807) is 11.9 Å². The van der Waals surface area contributed by atoms with Crippen molar-refractivity contribution in [3.63, 3.8) is 0 Å². The van der Waals surface area contributed by atoms with Gasteiger partial charge in [0.2, 0.25) is 0 Å². The Balaban J connectivity index is 1.53. The fourth-order valence-corrected chi connectivity index (χ4v) is 4.26. The summed E-state index contributed by atoms with van der Waals surface area (Å²) in [6.07, 6.45) is 2.05. The molecule has 24 heavy (non-hydrogen) atoms.